The fourth-order valence-corrected chi connectivity index (χ4v) is 7.25. The monoisotopic (exact) mass is 525 g/mol. The van der Waals surface area contributed by atoms with E-state index in [0.29, 0.717) is 35.1 Å². The Kier molecular flexibility index (Phi) is 6.63. The molecule has 0 spiro atoms. The number of carbonyl (C=O) groups is 1. The molecule has 0 bridgehead atoms. The van der Waals surface area contributed by atoms with Crippen molar-refractivity contribution in [2.24, 2.45) is 0 Å². The molecule has 1 aliphatic heterocycles. The molecule has 0 radical (unpaired) electrons. The molecule has 180 valence electrons. The van der Waals surface area contributed by atoms with Gasteiger partial charge in [0.2, 0.25) is 15.9 Å². The molecule has 1 fully saturated rings. The molecule has 1 aromatic heterocycles. The second-order valence-electron chi connectivity index (χ2n) is 8.58. The van der Waals surface area contributed by atoms with E-state index < -0.39 is 16.1 Å². The van der Waals surface area contributed by atoms with E-state index >= 15 is 0 Å². The smallest absolute Gasteiger partial charge is 0.247 e. The number of aromatic nitrogens is 1. The number of rotatable bonds is 6. The molecule has 0 saturated carbocycles. The summed E-state index contributed by atoms with van der Waals surface area (Å²) in [7, 11) is -3.82. The molecule has 1 unspecified atom stereocenters. The normalized spacial score (nSPS) is 16.6. The Morgan fingerprint density at radius 2 is 1.83 bits per heavy atom. The van der Waals surface area contributed by atoms with Crippen LogP contribution in [-0.4, -0.2) is 36.2 Å². The molecule has 1 atom stereocenters. The van der Waals surface area contributed by atoms with Crippen molar-refractivity contribution in [1.82, 2.24) is 9.29 Å². The highest BCUT2D eigenvalue weighted by Crippen LogP contribution is 2.35. The van der Waals surface area contributed by atoms with Crippen molar-refractivity contribution in [2.45, 2.75) is 37.2 Å². The van der Waals surface area contributed by atoms with E-state index in [2.05, 4.69) is 4.98 Å². The van der Waals surface area contributed by atoms with E-state index in [4.69, 9.17) is 11.6 Å². The van der Waals surface area contributed by atoms with Gasteiger partial charge in [-0.05, 0) is 49.6 Å². The Morgan fingerprint density at radius 3 is 2.54 bits per heavy atom. The van der Waals surface area contributed by atoms with Gasteiger partial charge in [-0.2, -0.15) is 4.31 Å². The highest BCUT2D eigenvalue weighted by molar-refractivity contribution is 7.89. The number of nitrogens with zero attached hydrogens (tertiary/aromatic N) is 3. The molecule has 3 aromatic carbocycles. The third-order valence-electron chi connectivity index (χ3n) is 6.16. The van der Waals surface area contributed by atoms with Crippen LogP contribution < -0.4 is 4.90 Å². The van der Waals surface area contributed by atoms with E-state index in [1.165, 1.54) is 15.6 Å². The first kappa shape index (κ1) is 23.9. The average Bonchev–Trinajstić information content (AvgIpc) is 3.52. The number of aryl methyl sites for hydroxylation is 1. The van der Waals surface area contributed by atoms with Crippen LogP contribution in [0.5, 0.6) is 0 Å². The lowest BCUT2D eigenvalue weighted by Gasteiger charge is -2.28. The standard InChI is InChI=1S/C26H24ClN3O3S2/c1-18-12-14-20(15-13-18)35(32,33)30-16-6-10-22(30)25(31)29(17-19-7-3-2-4-8-19)26-28-24-21(27)9-5-11-23(24)34-26/h2-5,7-9,11-15,22H,6,10,16-17H2,1H3. The second-order valence-corrected chi connectivity index (χ2v) is 11.9. The maximum Gasteiger partial charge on any atom is 0.247 e. The zero-order valence-corrected chi connectivity index (χ0v) is 21.5. The molecular weight excluding hydrogens is 502 g/mol. The maximum absolute atomic E-state index is 14.0. The van der Waals surface area contributed by atoms with E-state index in [1.54, 1.807) is 35.2 Å². The van der Waals surface area contributed by atoms with Gasteiger partial charge < -0.3 is 0 Å². The van der Waals surface area contributed by atoms with Crippen LogP contribution in [0.4, 0.5) is 5.13 Å². The number of sulfonamides is 1. The number of para-hydroxylation sites is 1. The predicted molar refractivity (Wildman–Crippen MR) is 140 cm³/mol. The zero-order valence-electron chi connectivity index (χ0n) is 19.1. The molecule has 9 heteroatoms. The van der Waals surface area contributed by atoms with Gasteiger partial charge in [-0.15, -0.1) is 0 Å². The number of fused-ring (bicyclic) bond motifs is 1. The molecule has 5 rings (SSSR count). The minimum Gasteiger partial charge on any atom is -0.282 e. The van der Waals surface area contributed by atoms with Gasteiger partial charge in [-0.25, -0.2) is 13.4 Å². The van der Waals surface area contributed by atoms with Crippen molar-refractivity contribution in [2.75, 3.05) is 11.4 Å². The van der Waals surface area contributed by atoms with Crippen molar-refractivity contribution in [3.05, 3.63) is 88.9 Å². The number of amides is 1. The van der Waals surface area contributed by atoms with Gasteiger partial charge in [0, 0.05) is 6.54 Å². The zero-order chi connectivity index (χ0) is 24.6. The topological polar surface area (TPSA) is 70.6 Å². The van der Waals surface area contributed by atoms with Gasteiger partial charge in [0.05, 0.1) is 21.2 Å². The number of carbonyl (C=O) groups excluding carboxylic acids is 1. The molecule has 35 heavy (non-hydrogen) atoms. The SMILES string of the molecule is Cc1ccc(S(=O)(=O)N2CCCC2C(=O)N(Cc2ccccc2)c2nc3c(Cl)cccc3s2)cc1. The van der Waals surface area contributed by atoms with Crippen LogP contribution in [0.15, 0.2) is 77.7 Å². The fourth-order valence-electron chi connectivity index (χ4n) is 4.32. The summed E-state index contributed by atoms with van der Waals surface area (Å²) in [5.41, 5.74) is 2.54. The third kappa shape index (κ3) is 4.71. The Morgan fingerprint density at radius 1 is 1.09 bits per heavy atom. The summed E-state index contributed by atoms with van der Waals surface area (Å²) < 4.78 is 29.2. The third-order valence-corrected chi connectivity index (χ3v) is 9.43. The second kappa shape index (κ2) is 9.70. The first-order valence-corrected chi connectivity index (χ1v) is 14.0. The van der Waals surface area contributed by atoms with Crippen LogP contribution in [0.3, 0.4) is 0 Å². The van der Waals surface area contributed by atoms with Crippen LogP contribution in [0.25, 0.3) is 10.2 Å². The summed E-state index contributed by atoms with van der Waals surface area (Å²) in [6.07, 6.45) is 1.08. The molecule has 1 saturated heterocycles. The predicted octanol–water partition coefficient (Wildman–Crippen LogP) is 5.64. The van der Waals surface area contributed by atoms with Crippen LogP contribution in [-0.2, 0) is 21.4 Å². The van der Waals surface area contributed by atoms with E-state index in [0.717, 1.165) is 15.8 Å². The fraction of sp³-hybridized carbons (Fsp3) is 0.231. The Hall–Kier alpha value is -2.78. The molecule has 6 nitrogen and oxygen atoms in total. The maximum atomic E-state index is 14.0. The van der Waals surface area contributed by atoms with E-state index in [-0.39, 0.29) is 17.3 Å². The van der Waals surface area contributed by atoms with Crippen LogP contribution in [0.1, 0.15) is 24.0 Å². The molecule has 0 aliphatic carbocycles. The first-order chi connectivity index (χ1) is 16.8. The first-order valence-electron chi connectivity index (χ1n) is 11.3. The Bertz CT molecular complexity index is 1470. The lowest BCUT2D eigenvalue weighted by molar-refractivity contribution is -0.121. The number of hydrogen-bond donors (Lipinski definition) is 0. The Balaban J connectivity index is 1.53. The van der Waals surface area contributed by atoms with Gasteiger partial charge in [0.25, 0.3) is 0 Å². The van der Waals surface area contributed by atoms with E-state index in [9.17, 15) is 13.2 Å². The van der Waals surface area contributed by atoms with Crippen LogP contribution >= 0.6 is 22.9 Å². The Labute approximate surface area is 213 Å². The number of thiazole rings is 1. The highest BCUT2D eigenvalue weighted by atomic mass is 35.5. The van der Waals surface area contributed by atoms with Crippen molar-refractivity contribution >= 4 is 54.2 Å². The summed E-state index contributed by atoms with van der Waals surface area (Å²) in [6.45, 7) is 2.49. The summed E-state index contributed by atoms with van der Waals surface area (Å²) in [5.74, 6) is -0.280. The number of halogens is 1. The van der Waals surface area contributed by atoms with Crippen LogP contribution in [0.2, 0.25) is 5.02 Å². The summed E-state index contributed by atoms with van der Waals surface area (Å²) in [4.78, 5) is 20.5. The summed E-state index contributed by atoms with van der Waals surface area (Å²) in [5, 5.41) is 1.02. The van der Waals surface area contributed by atoms with E-state index in [1.807, 2.05) is 49.4 Å². The van der Waals surface area contributed by atoms with Gasteiger partial charge in [0.15, 0.2) is 5.13 Å². The molecule has 0 N–H and O–H groups in total. The largest absolute Gasteiger partial charge is 0.282 e. The molecule has 4 aromatic rings. The quantitative estimate of drug-likeness (QED) is 0.326. The minimum absolute atomic E-state index is 0.198. The number of hydrogen-bond acceptors (Lipinski definition) is 5. The van der Waals surface area contributed by atoms with Crippen molar-refractivity contribution in [1.29, 1.82) is 0 Å². The van der Waals surface area contributed by atoms with Gasteiger partial charge >= 0.3 is 0 Å². The van der Waals surface area contributed by atoms with Gasteiger partial charge in [0.1, 0.15) is 11.6 Å². The molecule has 1 aliphatic rings. The lowest BCUT2D eigenvalue weighted by atomic mass is 10.1. The number of benzene rings is 3. The lowest BCUT2D eigenvalue weighted by Crippen LogP contribution is -2.47. The summed E-state index contributed by atoms with van der Waals surface area (Å²) in [6, 6.07) is 21.1. The van der Waals surface area contributed by atoms with Crippen molar-refractivity contribution in [3.63, 3.8) is 0 Å². The molecule has 2 heterocycles. The number of anilines is 1. The van der Waals surface area contributed by atoms with Crippen molar-refractivity contribution < 1.29 is 13.2 Å². The van der Waals surface area contributed by atoms with Crippen LogP contribution in [0, 0.1) is 6.92 Å². The molecular formula is C26H24ClN3O3S2. The summed E-state index contributed by atoms with van der Waals surface area (Å²) >= 11 is 7.73. The molecule has 1 amide bonds. The van der Waals surface area contributed by atoms with Gasteiger partial charge in [-0.3, -0.25) is 9.69 Å². The van der Waals surface area contributed by atoms with Gasteiger partial charge in [-0.1, -0.05) is 77.0 Å². The highest BCUT2D eigenvalue weighted by Gasteiger charge is 2.42. The average molecular weight is 526 g/mol. The van der Waals surface area contributed by atoms with Crippen molar-refractivity contribution in [3.8, 4) is 0 Å². The minimum atomic E-state index is -3.82.